The second-order valence-corrected chi connectivity index (χ2v) is 5.19. The number of ether oxygens (including phenoxy) is 1. The normalized spacial score (nSPS) is 11.3. The maximum Gasteiger partial charge on any atom is 0.328 e. The number of nitrogens with zero attached hydrogens (tertiary/aromatic N) is 1. The lowest BCUT2D eigenvalue weighted by atomic mass is 10.0. The van der Waals surface area contributed by atoms with Gasteiger partial charge in [0, 0.05) is 12.5 Å². The highest BCUT2D eigenvalue weighted by Crippen LogP contribution is 2.12. The summed E-state index contributed by atoms with van der Waals surface area (Å²) in [5.41, 5.74) is 0.750. The Morgan fingerprint density at radius 3 is 2.44 bits per heavy atom. The van der Waals surface area contributed by atoms with Crippen LogP contribution in [0.25, 0.3) is 0 Å². The molecule has 2 aromatic rings. The molecule has 25 heavy (non-hydrogen) atoms. The Hall–Kier alpha value is -3.27. The number of esters is 1. The third-order valence-electron chi connectivity index (χ3n) is 3.49. The maximum atomic E-state index is 13.7. The number of nitrogens with one attached hydrogen (secondary N) is 1. The van der Waals surface area contributed by atoms with Crippen molar-refractivity contribution in [2.75, 3.05) is 7.11 Å². The molecule has 2 aromatic carbocycles. The largest absolute Gasteiger partial charge is 0.467 e. The van der Waals surface area contributed by atoms with Gasteiger partial charge in [0.2, 0.25) is 0 Å². The fourth-order valence-corrected chi connectivity index (χ4v) is 2.20. The molecule has 1 N–H and O–H groups in total. The van der Waals surface area contributed by atoms with E-state index in [9.17, 15) is 18.4 Å². The summed E-state index contributed by atoms with van der Waals surface area (Å²) in [4.78, 5) is 24.1. The average Bonchev–Trinajstić information content (AvgIpc) is 2.60. The van der Waals surface area contributed by atoms with Crippen LogP contribution in [0.1, 0.15) is 21.5 Å². The third-order valence-corrected chi connectivity index (χ3v) is 3.49. The zero-order valence-corrected chi connectivity index (χ0v) is 13.3. The fourth-order valence-electron chi connectivity index (χ4n) is 2.20. The molecule has 0 saturated carbocycles. The molecule has 0 heterocycles. The molecule has 0 bridgehead atoms. The van der Waals surface area contributed by atoms with Crippen molar-refractivity contribution in [3.8, 4) is 6.07 Å². The summed E-state index contributed by atoms with van der Waals surface area (Å²) in [5.74, 6) is -3.41. The molecule has 2 rings (SSSR count). The first-order chi connectivity index (χ1) is 11.9. The van der Waals surface area contributed by atoms with Crippen LogP contribution in [0.2, 0.25) is 0 Å². The summed E-state index contributed by atoms with van der Waals surface area (Å²) in [6, 6.07) is 9.87. The van der Waals surface area contributed by atoms with E-state index >= 15 is 0 Å². The van der Waals surface area contributed by atoms with Crippen molar-refractivity contribution >= 4 is 11.9 Å². The molecule has 0 spiro atoms. The summed E-state index contributed by atoms with van der Waals surface area (Å²) in [6.45, 7) is 0. The number of amides is 1. The zero-order chi connectivity index (χ0) is 18.4. The zero-order valence-electron chi connectivity index (χ0n) is 13.3. The van der Waals surface area contributed by atoms with Gasteiger partial charge < -0.3 is 10.1 Å². The van der Waals surface area contributed by atoms with Crippen LogP contribution in [0.4, 0.5) is 8.78 Å². The molecule has 0 aliphatic heterocycles. The third kappa shape index (κ3) is 4.61. The second-order valence-electron chi connectivity index (χ2n) is 5.19. The van der Waals surface area contributed by atoms with E-state index < -0.39 is 29.6 Å². The van der Waals surface area contributed by atoms with Crippen LogP contribution < -0.4 is 5.32 Å². The lowest BCUT2D eigenvalue weighted by Crippen LogP contribution is -2.43. The van der Waals surface area contributed by atoms with E-state index in [0.717, 1.165) is 12.1 Å². The van der Waals surface area contributed by atoms with Crippen molar-refractivity contribution < 1.29 is 23.1 Å². The van der Waals surface area contributed by atoms with E-state index in [2.05, 4.69) is 10.1 Å². The van der Waals surface area contributed by atoms with Gasteiger partial charge in [0.05, 0.1) is 24.3 Å². The lowest BCUT2D eigenvalue weighted by molar-refractivity contribution is -0.142. The van der Waals surface area contributed by atoms with Crippen molar-refractivity contribution in [2.45, 2.75) is 12.5 Å². The smallest absolute Gasteiger partial charge is 0.328 e. The Morgan fingerprint density at radius 1 is 1.20 bits per heavy atom. The predicted octanol–water partition coefficient (Wildman–Crippen LogP) is 2.35. The van der Waals surface area contributed by atoms with Crippen LogP contribution in [0.15, 0.2) is 42.5 Å². The van der Waals surface area contributed by atoms with Gasteiger partial charge in [-0.25, -0.2) is 13.6 Å². The van der Waals surface area contributed by atoms with Gasteiger partial charge in [0.1, 0.15) is 17.7 Å². The van der Waals surface area contributed by atoms with Gasteiger partial charge in [-0.1, -0.05) is 12.1 Å². The Labute approximate surface area is 142 Å². The molecule has 0 saturated heterocycles. The number of carbonyl (C=O) groups is 2. The first-order valence-corrected chi connectivity index (χ1v) is 7.27. The van der Waals surface area contributed by atoms with E-state index in [1.807, 2.05) is 6.07 Å². The molecule has 0 aliphatic carbocycles. The van der Waals surface area contributed by atoms with Crippen molar-refractivity contribution in [3.63, 3.8) is 0 Å². The van der Waals surface area contributed by atoms with Crippen LogP contribution >= 0.6 is 0 Å². The van der Waals surface area contributed by atoms with E-state index in [-0.39, 0.29) is 12.0 Å². The summed E-state index contributed by atoms with van der Waals surface area (Å²) >= 11 is 0. The Balaban J connectivity index is 2.18. The molecule has 5 nitrogen and oxygen atoms in total. The summed E-state index contributed by atoms with van der Waals surface area (Å²) in [5, 5.41) is 11.2. The van der Waals surface area contributed by atoms with E-state index in [1.54, 1.807) is 24.3 Å². The Morgan fingerprint density at radius 2 is 1.88 bits per heavy atom. The molecule has 0 aliphatic rings. The van der Waals surface area contributed by atoms with Crippen LogP contribution in [-0.4, -0.2) is 25.0 Å². The lowest BCUT2D eigenvalue weighted by Gasteiger charge is -2.17. The van der Waals surface area contributed by atoms with Crippen LogP contribution in [0, 0.1) is 23.0 Å². The van der Waals surface area contributed by atoms with Crippen molar-refractivity contribution in [3.05, 3.63) is 70.8 Å². The average molecular weight is 344 g/mol. The van der Waals surface area contributed by atoms with E-state index in [0.29, 0.717) is 17.2 Å². The number of carbonyl (C=O) groups excluding carboxylic acids is 2. The number of rotatable bonds is 5. The summed E-state index contributed by atoms with van der Waals surface area (Å²) in [6.07, 6.45) is 0.0902. The van der Waals surface area contributed by atoms with Crippen LogP contribution in [0.3, 0.4) is 0 Å². The molecule has 128 valence electrons. The number of methoxy groups -OCH3 is 1. The van der Waals surface area contributed by atoms with Gasteiger partial charge in [-0.3, -0.25) is 4.79 Å². The second kappa shape index (κ2) is 8.02. The molecule has 0 fully saturated rings. The van der Waals surface area contributed by atoms with Crippen molar-refractivity contribution in [1.29, 1.82) is 5.26 Å². The minimum atomic E-state index is -1.06. The van der Waals surface area contributed by atoms with Gasteiger partial charge in [-0.05, 0) is 29.8 Å². The molecular weight excluding hydrogens is 330 g/mol. The molecule has 1 atom stereocenters. The predicted molar refractivity (Wildman–Crippen MR) is 84.5 cm³/mol. The van der Waals surface area contributed by atoms with Gasteiger partial charge in [0.15, 0.2) is 0 Å². The molecule has 0 unspecified atom stereocenters. The monoisotopic (exact) mass is 344 g/mol. The maximum absolute atomic E-state index is 13.7. The highest BCUT2D eigenvalue weighted by Gasteiger charge is 2.24. The van der Waals surface area contributed by atoms with Gasteiger partial charge in [-0.2, -0.15) is 5.26 Å². The molecule has 7 heteroatoms. The van der Waals surface area contributed by atoms with E-state index in [1.165, 1.54) is 7.11 Å². The van der Waals surface area contributed by atoms with Crippen molar-refractivity contribution in [1.82, 2.24) is 5.32 Å². The summed E-state index contributed by atoms with van der Waals surface area (Å²) in [7, 11) is 1.17. The minimum absolute atomic E-state index is 0.0902. The minimum Gasteiger partial charge on any atom is -0.467 e. The van der Waals surface area contributed by atoms with Crippen LogP contribution in [0.5, 0.6) is 0 Å². The quantitative estimate of drug-likeness (QED) is 0.845. The Bertz CT molecular complexity index is 829. The number of halogens is 2. The number of benzene rings is 2. The fraction of sp³-hybridized carbons (Fsp3) is 0.167. The Kier molecular flexibility index (Phi) is 5.79. The molecule has 0 aromatic heterocycles. The van der Waals surface area contributed by atoms with E-state index in [4.69, 9.17) is 5.26 Å². The molecule has 0 radical (unpaired) electrons. The number of hydrogen-bond donors (Lipinski definition) is 1. The highest BCUT2D eigenvalue weighted by atomic mass is 19.1. The molecule has 1 amide bonds. The number of hydrogen-bond acceptors (Lipinski definition) is 4. The van der Waals surface area contributed by atoms with Gasteiger partial charge in [0.25, 0.3) is 5.91 Å². The SMILES string of the molecule is COC(=O)[C@H](Cc1ccc(C#N)cc1)NC(=O)c1ccc(F)cc1F. The summed E-state index contributed by atoms with van der Waals surface area (Å²) < 4.78 is 31.3. The van der Waals surface area contributed by atoms with Crippen molar-refractivity contribution in [2.24, 2.45) is 0 Å². The topological polar surface area (TPSA) is 79.2 Å². The first kappa shape index (κ1) is 18.1. The molecular formula is C18H14F2N2O3. The van der Waals surface area contributed by atoms with Gasteiger partial charge in [-0.15, -0.1) is 0 Å². The number of nitriles is 1. The first-order valence-electron chi connectivity index (χ1n) is 7.27. The van der Waals surface area contributed by atoms with Crippen LogP contribution in [-0.2, 0) is 16.0 Å². The highest BCUT2D eigenvalue weighted by molar-refractivity contribution is 5.97. The standard InChI is InChI=1S/C18H14F2N2O3/c1-25-18(24)16(8-11-2-4-12(10-21)5-3-11)22-17(23)14-7-6-13(19)9-15(14)20/h2-7,9,16H,8H2,1H3,(H,22,23)/t16-/m0/s1. The van der Waals surface area contributed by atoms with Gasteiger partial charge >= 0.3 is 5.97 Å².